The Balaban J connectivity index is 1.56. The van der Waals surface area contributed by atoms with Crippen molar-refractivity contribution in [2.45, 2.75) is 20.5 Å². The third-order valence-electron chi connectivity index (χ3n) is 5.73. The van der Waals surface area contributed by atoms with Crippen molar-refractivity contribution < 1.29 is 14.1 Å². The number of halogens is 1. The SMILES string of the molecule is Cc1cc(/C=C(/C#N)c2ccc([N+](=O)[O-])cc2)c(C)n1-c1ccc(OCc2ccccc2F)cc1. The number of nitriles is 1. The molecule has 0 unspecified atom stereocenters. The lowest BCUT2D eigenvalue weighted by Gasteiger charge is -2.12. The van der Waals surface area contributed by atoms with Gasteiger partial charge in [0.15, 0.2) is 0 Å². The second kappa shape index (κ2) is 10.1. The van der Waals surface area contributed by atoms with Crippen molar-refractivity contribution in [3.63, 3.8) is 0 Å². The summed E-state index contributed by atoms with van der Waals surface area (Å²) in [5, 5.41) is 20.6. The van der Waals surface area contributed by atoms with Crippen molar-refractivity contribution in [1.29, 1.82) is 5.26 Å². The summed E-state index contributed by atoms with van der Waals surface area (Å²) < 4.78 is 21.6. The van der Waals surface area contributed by atoms with Crippen molar-refractivity contribution in [2.75, 3.05) is 0 Å². The minimum Gasteiger partial charge on any atom is -0.489 e. The topological polar surface area (TPSA) is 81.1 Å². The number of ether oxygens (including phenoxy) is 1. The van der Waals surface area contributed by atoms with E-state index in [0.717, 1.165) is 22.6 Å². The number of aromatic nitrogens is 1. The van der Waals surface area contributed by atoms with Gasteiger partial charge in [-0.05, 0) is 79.6 Å². The molecule has 0 saturated carbocycles. The molecule has 174 valence electrons. The van der Waals surface area contributed by atoms with Gasteiger partial charge in [-0.2, -0.15) is 5.26 Å². The minimum atomic E-state index is -0.469. The molecule has 0 bridgehead atoms. The smallest absolute Gasteiger partial charge is 0.269 e. The number of nitrogens with zero attached hydrogens (tertiary/aromatic N) is 3. The minimum absolute atomic E-state index is 0.0226. The third kappa shape index (κ3) is 5.12. The zero-order valence-electron chi connectivity index (χ0n) is 19.2. The summed E-state index contributed by atoms with van der Waals surface area (Å²) in [6, 6.07) is 24.1. The first kappa shape index (κ1) is 23.5. The fourth-order valence-corrected chi connectivity index (χ4v) is 3.90. The van der Waals surface area contributed by atoms with Crippen molar-refractivity contribution in [3.05, 3.63) is 123 Å². The van der Waals surface area contributed by atoms with Gasteiger partial charge in [-0.25, -0.2) is 4.39 Å². The van der Waals surface area contributed by atoms with E-state index in [1.54, 1.807) is 36.4 Å². The van der Waals surface area contributed by atoms with Crippen LogP contribution in [-0.2, 0) is 6.61 Å². The standard InChI is InChI=1S/C28H22FN3O3/c1-19-15-23(16-24(17-30)21-7-9-26(10-8-21)32(33)34)20(2)31(19)25-11-13-27(14-12-25)35-18-22-5-3-4-6-28(22)29/h3-16H,18H2,1-2H3/b24-16-. The fraction of sp³-hybridized carbons (Fsp3) is 0.107. The van der Waals surface area contributed by atoms with E-state index in [2.05, 4.69) is 10.6 Å². The molecule has 0 aliphatic carbocycles. The summed E-state index contributed by atoms with van der Waals surface area (Å²) >= 11 is 0. The first-order valence-electron chi connectivity index (χ1n) is 10.9. The number of rotatable bonds is 7. The van der Waals surface area contributed by atoms with Crippen LogP contribution in [0.1, 0.15) is 28.1 Å². The third-order valence-corrected chi connectivity index (χ3v) is 5.73. The first-order chi connectivity index (χ1) is 16.9. The maximum absolute atomic E-state index is 13.8. The van der Waals surface area contributed by atoms with Crippen LogP contribution in [0, 0.1) is 41.1 Å². The van der Waals surface area contributed by atoms with Crippen molar-refractivity contribution in [1.82, 2.24) is 4.57 Å². The van der Waals surface area contributed by atoms with Gasteiger partial charge >= 0.3 is 0 Å². The van der Waals surface area contributed by atoms with Crippen LogP contribution in [-0.4, -0.2) is 9.49 Å². The molecule has 6 nitrogen and oxygen atoms in total. The summed E-state index contributed by atoms with van der Waals surface area (Å²) in [5.74, 6) is 0.332. The number of benzene rings is 3. The Labute approximate surface area is 202 Å². The molecule has 0 atom stereocenters. The number of allylic oxidation sites excluding steroid dienone is 1. The average Bonchev–Trinajstić information content (AvgIpc) is 3.15. The molecule has 35 heavy (non-hydrogen) atoms. The molecular formula is C28H22FN3O3. The number of hydrogen-bond donors (Lipinski definition) is 0. The van der Waals surface area contributed by atoms with Crippen LogP contribution in [0.5, 0.6) is 5.75 Å². The van der Waals surface area contributed by atoms with Gasteiger partial charge in [-0.15, -0.1) is 0 Å². The van der Waals surface area contributed by atoms with Crippen LogP contribution in [0.3, 0.4) is 0 Å². The summed E-state index contributed by atoms with van der Waals surface area (Å²) in [4.78, 5) is 10.4. The van der Waals surface area contributed by atoms with E-state index < -0.39 is 4.92 Å². The second-order valence-corrected chi connectivity index (χ2v) is 8.01. The van der Waals surface area contributed by atoms with E-state index in [9.17, 15) is 19.8 Å². The number of non-ortho nitro benzene ring substituents is 1. The molecule has 0 spiro atoms. The monoisotopic (exact) mass is 467 g/mol. The summed E-state index contributed by atoms with van der Waals surface area (Å²) in [6.07, 6.45) is 1.78. The molecule has 0 amide bonds. The lowest BCUT2D eigenvalue weighted by molar-refractivity contribution is -0.384. The maximum Gasteiger partial charge on any atom is 0.269 e. The number of aryl methyl sites for hydroxylation is 1. The molecule has 0 aliphatic heterocycles. The van der Waals surface area contributed by atoms with Crippen LogP contribution in [0.2, 0.25) is 0 Å². The maximum atomic E-state index is 13.8. The van der Waals surface area contributed by atoms with E-state index >= 15 is 0 Å². The molecular weight excluding hydrogens is 445 g/mol. The Kier molecular flexibility index (Phi) is 6.74. The molecule has 0 radical (unpaired) electrons. The van der Waals surface area contributed by atoms with Gasteiger partial charge in [0, 0.05) is 34.8 Å². The largest absolute Gasteiger partial charge is 0.489 e. The summed E-state index contributed by atoms with van der Waals surface area (Å²) in [6.45, 7) is 4.08. The predicted molar refractivity (Wildman–Crippen MR) is 133 cm³/mol. The Morgan fingerprint density at radius 2 is 1.77 bits per heavy atom. The van der Waals surface area contributed by atoms with Crippen molar-refractivity contribution in [2.24, 2.45) is 0 Å². The highest BCUT2D eigenvalue weighted by atomic mass is 19.1. The highest BCUT2D eigenvalue weighted by molar-refractivity contribution is 5.90. The van der Waals surface area contributed by atoms with Crippen LogP contribution in [0.15, 0.2) is 78.9 Å². The van der Waals surface area contributed by atoms with Gasteiger partial charge in [0.05, 0.1) is 16.6 Å². The van der Waals surface area contributed by atoms with Gasteiger partial charge in [0.25, 0.3) is 5.69 Å². The lowest BCUT2D eigenvalue weighted by atomic mass is 10.0. The van der Waals surface area contributed by atoms with Gasteiger partial charge in [-0.1, -0.05) is 18.2 Å². The van der Waals surface area contributed by atoms with Crippen LogP contribution in [0.4, 0.5) is 10.1 Å². The molecule has 0 fully saturated rings. The van der Waals surface area contributed by atoms with E-state index in [4.69, 9.17) is 4.74 Å². The van der Waals surface area contributed by atoms with Crippen LogP contribution in [0.25, 0.3) is 17.3 Å². The van der Waals surface area contributed by atoms with Crippen molar-refractivity contribution in [3.8, 4) is 17.5 Å². The molecule has 1 heterocycles. The van der Waals surface area contributed by atoms with Crippen LogP contribution < -0.4 is 4.74 Å². The number of nitro groups is 1. The quantitative estimate of drug-likeness (QED) is 0.170. The highest BCUT2D eigenvalue weighted by Crippen LogP contribution is 2.27. The van der Waals surface area contributed by atoms with Gasteiger partial charge in [0.2, 0.25) is 0 Å². The molecule has 7 heteroatoms. The lowest BCUT2D eigenvalue weighted by Crippen LogP contribution is -2.01. The van der Waals surface area contributed by atoms with Crippen LogP contribution >= 0.6 is 0 Å². The Hall–Kier alpha value is -4.70. The Morgan fingerprint density at radius 1 is 1.09 bits per heavy atom. The normalized spacial score (nSPS) is 11.2. The zero-order valence-corrected chi connectivity index (χ0v) is 19.2. The fourth-order valence-electron chi connectivity index (χ4n) is 3.90. The van der Waals surface area contributed by atoms with E-state index in [1.165, 1.54) is 18.2 Å². The molecule has 0 saturated heterocycles. The number of nitro benzene ring substituents is 1. The van der Waals surface area contributed by atoms with Gasteiger partial charge in [0.1, 0.15) is 18.2 Å². The highest BCUT2D eigenvalue weighted by Gasteiger charge is 2.12. The van der Waals surface area contributed by atoms with Gasteiger partial charge < -0.3 is 9.30 Å². The molecule has 1 aromatic heterocycles. The second-order valence-electron chi connectivity index (χ2n) is 8.01. The molecule has 0 aliphatic rings. The molecule has 4 rings (SSSR count). The average molecular weight is 468 g/mol. The van der Waals surface area contributed by atoms with E-state index in [1.807, 2.05) is 44.2 Å². The van der Waals surface area contributed by atoms with Crippen molar-refractivity contribution >= 4 is 17.3 Å². The Bertz CT molecular complexity index is 1450. The van der Waals surface area contributed by atoms with Gasteiger partial charge in [-0.3, -0.25) is 10.1 Å². The first-order valence-corrected chi connectivity index (χ1v) is 10.9. The van der Waals surface area contributed by atoms with E-state index in [-0.39, 0.29) is 18.1 Å². The van der Waals surface area contributed by atoms with E-state index in [0.29, 0.717) is 22.4 Å². The molecule has 4 aromatic rings. The predicted octanol–water partition coefficient (Wildman–Crippen LogP) is 6.78. The summed E-state index contributed by atoms with van der Waals surface area (Å²) in [7, 11) is 0. The zero-order chi connectivity index (χ0) is 24.9. The number of hydrogen-bond acceptors (Lipinski definition) is 4. The molecule has 0 N–H and O–H groups in total. The summed E-state index contributed by atoms with van der Waals surface area (Å²) in [5.41, 5.74) is 5.21. The molecule has 3 aromatic carbocycles. The Morgan fingerprint density at radius 3 is 2.40 bits per heavy atom.